The third-order valence-electron chi connectivity index (χ3n) is 7.66. The summed E-state index contributed by atoms with van der Waals surface area (Å²) < 4.78 is 11.0. The number of rotatable bonds is 10. The first-order valence-electron chi connectivity index (χ1n) is 14.8. The van der Waals surface area contributed by atoms with Crippen LogP contribution in [0.2, 0.25) is 13.3 Å². The molecule has 0 unspecified atom stereocenters. The third-order valence-corrected chi connectivity index (χ3v) is 23.8. The maximum absolute atomic E-state index is 12.5. The number of hydrogen-bond acceptors (Lipinski definition) is 3. The van der Waals surface area contributed by atoms with Gasteiger partial charge in [-0.1, -0.05) is 0 Å². The fourth-order valence-electron chi connectivity index (χ4n) is 5.51. The van der Waals surface area contributed by atoms with Crippen molar-refractivity contribution < 1.29 is 14.6 Å². The van der Waals surface area contributed by atoms with Crippen LogP contribution in [0, 0.1) is 0 Å². The molecular weight excluding hydrogens is 527 g/mol. The molecule has 1 rings (SSSR count). The fourth-order valence-corrected chi connectivity index (χ4v) is 22.7. The Morgan fingerprint density at radius 3 is 1.79 bits per heavy atom. The van der Waals surface area contributed by atoms with E-state index in [1.807, 2.05) is 13.0 Å². The van der Waals surface area contributed by atoms with E-state index < -0.39 is 18.4 Å². The van der Waals surface area contributed by atoms with Gasteiger partial charge in [0, 0.05) is 0 Å². The zero-order valence-corrected chi connectivity index (χ0v) is 25.9. The van der Waals surface area contributed by atoms with Crippen LogP contribution < -0.4 is 0 Å². The predicted octanol–water partition coefficient (Wildman–Crippen LogP) is 9.06. The number of hydrogen-bond donors (Lipinski definition) is 1. The van der Waals surface area contributed by atoms with Gasteiger partial charge in [-0.15, -0.1) is 0 Å². The van der Waals surface area contributed by atoms with Crippen LogP contribution in [-0.4, -0.2) is 41.7 Å². The second kappa shape index (κ2) is 19.8. The van der Waals surface area contributed by atoms with Crippen molar-refractivity contribution in [3.8, 4) is 0 Å². The van der Waals surface area contributed by atoms with Crippen LogP contribution in [0.25, 0.3) is 0 Å². The first-order valence-corrected chi connectivity index (χ1v) is 22.2. The zero-order chi connectivity index (χ0) is 25.1. The average Bonchev–Trinajstić information content (AvgIpc) is 2.82. The van der Waals surface area contributed by atoms with Gasteiger partial charge in [-0.25, -0.2) is 0 Å². The van der Waals surface area contributed by atoms with Gasteiger partial charge in [0.25, 0.3) is 0 Å². The standard InChI is InChI=1S/C18H29O3.3C4H9.Sn/c1-16-12-8-6-4-2-3-5-7-9-13-17(19)14-10-11-15-18(20)21-16;3*1-3-4-2;/h10-11,15-17,19H,2-9,12-13H2,1H3;3*1,3-4H2,2H3;/b14-10?,15-11+;;;;/t16-,17+;;;;/m0..../s1. The van der Waals surface area contributed by atoms with E-state index in [0.29, 0.717) is 0 Å². The molecule has 0 aromatic heterocycles. The van der Waals surface area contributed by atoms with Gasteiger partial charge >= 0.3 is 217 Å². The molecule has 0 spiro atoms. The second-order valence-corrected chi connectivity index (χ2v) is 24.0. The van der Waals surface area contributed by atoms with Gasteiger partial charge in [0.1, 0.15) is 0 Å². The first-order chi connectivity index (χ1) is 16.5. The number of esters is 1. The molecule has 0 saturated heterocycles. The number of aliphatic hydroxyl groups is 1. The molecule has 1 aliphatic heterocycles. The van der Waals surface area contributed by atoms with Gasteiger partial charge < -0.3 is 0 Å². The van der Waals surface area contributed by atoms with Gasteiger partial charge in [-0.05, 0) is 0 Å². The number of carbonyl (C=O) groups excluding carboxylic acids is 1. The van der Waals surface area contributed by atoms with Gasteiger partial charge in [0.05, 0.1) is 0 Å². The number of carbonyl (C=O) groups is 1. The van der Waals surface area contributed by atoms with Crippen molar-refractivity contribution >= 4 is 24.3 Å². The van der Waals surface area contributed by atoms with Crippen molar-refractivity contribution in [3.05, 3.63) is 21.8 Å². The minimum absolute atomic E-state index is 0.0259. The summed E-state index contributed by atoms with van der Waals surface area (Å²) in [6.45, 7) is 8.89. The van der Waals surface area contributed by atoms with Crippen molar-refractivity contribution in [2.24, 2.45) is 0 Å². The number of cyclic esters (lactones) is 1. The Labute approximate surface area is 216 Å². The minimum atomic E-state index is -2.78. The van der Waals surface area contributed by atoms with Crippen molar-refractivity contribution in [3.63, 3.8) is 0 Å². The van der Waals surface area contributed by atoms with Crippen molar-refractivity contribution in [1.29, 1.82) is 0 Å². The maximum atomic E-state index is 12.5. The van der Waals surface area contributed by atoms with Crippen LogP contribution in [0.5, 0.6) is 0 Å². The van der Waals surface area contributed by atoms with Gasteiger partial charge in [-0.2, -0.15) is 0 Å². The molecule has 3 nitrogen and oxygen atoms in total. The quantitative estimate of drug-likeness (QED) is 0.206. The van der Waals surface area contributed by atoms with Crippen LogP contribution in [0.15, 0.2) is 21.8 Å². The topological polar surface area (TPSA) is 46.5 Å². The Balaban J connectivity index is 3.23. The number of allylic oxidation sites excluding steroid dienone is 2. The third kappa shape index (κ3) is 13.1. The number of unbranched alkanes of at least 4 members (excludes halogenated alkanes) is 3. The van der Waals surface area contributed by atoms with E-state index in [4.69, 9.17) is 4.74 Å². The summed E-state index contributed by atoms with van der Waals surface area (Å²) in [7, 11) is 0. The summed E-state index contributed by atoms with van der Waals surface area (Å²) in [5.74, 6) is -0.241. The van der Waals surface area contributed by atoms with E-state index in [-0.39, 0.29) is 18.2 Å². The van der Waals surface area contributed by atoms with E-state index >= 15 is 0 Å². The Hall–Kier alpha value is -0.291. The molecule has 2 atom stereocenters. The van der Waals surface area contributed by atoms with Crippen LogP contribution in [-0.2, 0) is 9.53 Å². The van der Waals surface area contributed by atoms with Crippen LogP contribution >= 0.6 is 0 Å². The molecular formula is C30H56O3Sn. The van der Waals surface area contributed by atoms with E-state index in [9.17, 15) is 9.90 Å². The Morgan fingerprint density at radius 1 is 0.824 bits per heavy atom. The molecule has 0 aromatic carbocycles. The van der Waals surface area contributed by atoms with Crippen molar-refractivity contribution in [2.75, 3.05) is 0 Å². The SMILES string of the molecule is CCC[CH2][Sn]([CH2]CCC)([CH2]CCC)/[C]1=C\C=C\C(=O)O[C@@H](C)CCCCCCCCCC[C@H]1O. The molecule has 0 aliphatic carbocycles. The summed E-state index contributed by atoms with van der Waals surface area (Å²) in [6, 6.07) is 0. The molecule has 0 saturated carbocycles. The summed E-state index contributed by atoms with van der Waals surface area (Å²) in [5, 5.41) is 11.5. The van der Waals surface area contributed by atoms with E-state index in [1.165, 1.54) is 93.9 Å². The molecule has 0 amide bonds. The van der Waals surface area contributed by atoms with Gasteiger partial charge in [0.2, 0.25) is 0 Å². The van der Waals surface area contributed by atoms with Crippen LogP contribution in [0.1, 0.15) is 130 Å². The molecule has 0 fully saturated rings. The van der Waals surface area contributed by atoms with E-state index in [0.717, 1.165) is 25.7 Å². The molecule has 4 heteroatoms. The Morgan fingerprint density at radius 2 is 1.29 bits per heavy atom. The van der Waals surface area contributed by atoms with Crippen LogP contribution in [0.3, 0.4) is 0 Å². The van der Waals surface area contributed by atoms with Gasteiger partial charge in [0.15, 0.2) is 0 Å². The predicted molar refractivity (Wildman–Crippen MR) is 150 cm³/mol. The number of aliphatic hydroxyl groups excluding tert-OH is 1. The molecule has 1 N–H and O–H groups in total. The van der Waals surface area contributed by atoms with Crippen molar-refractivity contribution in [2.45, 2.75) is 156 Å². The molecule has 0 aromatic rings. The second-order valence-electron chi connectivity index (χ2n) is 10.7. The van der Waals surface area contributed by atoms with Crippen molar-refractivity contribution in [1.82, 2.24) is 0 Å². The first kappa shape index (κ1) is 31.7. The van der Waals surface area contributed by atoms with Gasteiger partial charge in [-0.3, -0.25) is 0 Å². The zero-order valence-electron chi connectivity index (χ0n) is 23.1. The monoisotopic (exact) mass is 584 g/mol. The normalized spacial score (nSPS) is 25.0. The molecule has 1 heterocycles. The van der Waals surface area contributed by atoms with E-state index in [2.05, 4.69) is 26.8 Å². The molecule has 34 heavy (non-hydrogen) atoms. The molecule has 198 valence electrons. The van der Waals surface area contributed by atoms with E-state index in [1.54, 1.807) is 6.08 Å². The molecule has 1 aliphatic rings. The fraction of sp³-hybridized carbons (Fsp3) is 0.833. The summed E-state index contributed by atoms with van der Waals surface area (Å²) in [4.78, 5) is 12.5. The summed E-state index contributed by atoms with van der Waals surface area (Å²) in [5.41, 5.74) is 0. The number of ether oxygens (including phenoxy) is 1. The Kier molecular flexibility index (Phi) is 18.5. The summed E-state index contributed by atoms with van der Waals surface area (Å²) in [6.07, 6.45) is 24.5. The summed E-state index contributed by atoms with van der Waals surface area (Å²) >= 11 is -2.78. The molecule has 0 bridgehead atoms. The average molecular weight is 583 g/mol. The van der Waals surface area contributed by atoms with Crippen LogP contribution in [0.4, 0.5) is 0 Å². The Bertz CT molecular complexity index is 562. The molecule has 0 radical (unpaired) electrons.